The average molecular weight is 230 g/mol. The van der Waals surface area contributed by atoms with E-state index in [0.29, 0.717) is 0 Å². The zero-order valence-corrected chi connectivity index (χ0v) is 10.2. The van der Waals surface area contributed by atoms with Crippen LogP contribution in [0.25, 0.3) is 11.3 Å². The van der Waals surface area contributed by atoms with E-state index in [-0.39, 0.29) is 0 Å². The molecule has 0 saturated heterocycles. The summed E-state index contributed by atoms with van der Waals surface area (Å²) in [7, 11) is 5.25. The van der Waals surface area contributed by atoms with Crippen LogP contribution in [0.5, 0.6) is 11.5 Å². The predicted octanol–water partition coefficient (Wildman–Crippen LogP) is 2.01. The highest BCUT2D eigenvalue weighted by Crippen LogP contribution is 2.41. The molecule has 0 bridgehead atoms. The second kappa shape index (κ2) is 3.52. The third kappa shape index (κ3) is 1.40. The molecule has 17 heavy (non-hydrogen) atoms. The van der Waals surface area contributed by atoms with Gasteiger partial charge in [0.2, 0.25) is 0 Å². The lowest BCUT2D eigenvalue weighted by Gasteiger charge is -2.10. The summed E-state index contributed by atoms with van der Waals surface area (Å²) in [6.07, 6.45) is 2.98. The first-order chi connectivity index (χ1) is 8.22. The van der Waals surface area contributed by atoms with Gasteiger partial charge in [-0.1, -0.05) is 0 Å². The van der Waals surface area contributed by atoms with E-state index in [2.05, 4.69) is 11.3 Å². The van der Waals surface area contributed by atoms with Crippen LogP contribution in [0.15, 0.2) is 18.3 Å². The second-order valence-corrected chi connectivity index (χ2v) is 4.22. The molecule has 4 heteroatoms. The molecule has 0 unspecified atom stereocenters. The quantitative estimate of drug-likeness (QED) is 0.675. The third-order valence-corrected chi connectivity index (χ3v) is 3.15. The first kappa shape index (κ1) is 10.2. The molecule has 0 saturated carbocycles. The van der Waals surface area contributed by atoms with Crippen molar-refractivity contribution in [2.75, 3.05) is 14.2 Å². The van der Waals surface area contributed by atoms with Crippen molar-refractivity contribution in [3.05, 3.63) is 29.5 Å². The minimum atomic E-state index is 0.754. The summed E-state index contributed by atoms with van der Waals surface area (Å²) in [4.78, 5) is 0. The van der Waals surface area contributed by atoms with Crippen molar-refractivity contribution in [3.63, 3.8) is 0 Å². The number of benzene rings is 1. The molecule has 3 rings (SSSR count). The van der Waals surface area contributed by atoms with Crippen molar-refractivity contribution in [3.8, 4) is 22.8 Å². The van der Waals surface area contributed by atoms with E-state index in [1.807, 2.05) is 23.9 Å². The lowest BCUT2D eigenvalue weighted by Crippen LogP contribution is -1.94. The minimum absolute atomic E-state index is 0.754. The summed E-state index contributed by atoms with van der Waals surface area (Å²) in [5.74, 6) is 1.53. The van der Waals surface area contributed by atoms with Gasteiger partial charge >= 0.3 is 0 Å². The summed E-state index contributed by atoms with van der Waals surface area (Å²) in [5.41, 5.74) is 4.72. The second-order valence-electron chi connectivity index (χ2n) is 4.22. The van der Waals surface area contributed by atoms with Crippen molar-refractivity contribution in [1.82, 2.24) is 9.78 Å². The molecule has 0 atom stereocenters. The number of fused-ring (bicyclic) bond motifs is 3. The number of methoxy groups -OCH3 is 2. The number of nitrogens with zero attached hydrogens (tertiary/aromatic N) is 2. The highest BCUT2D eigenvalue weighted by Gasteiger charge is 2.24. The Hall–Kier alpha value is -1.97. The highest BCUT2D eigenvalue weighted by molar-refractivity contribution is 5.76. The number of hydrogen-bond donors (Lipinski definition) is 0. The molecular formula is C13H14N2O2. The molecule has 1 aromatic carbocycles. The van der Waals surface area contributed by atoms with E-state index in [0.717, 1.165) is 29.2 Å². The van der Waals surface area contributed by atoms with E-state index in [9.17, 15) is 0 Å². The Morgan fingerprint density at radius 1 is 1.12 bits per heavy atom. The average Bonchev–Trinajstić information content (AvgIpc) is 2.82. The molecule has 1 heterocycles. The zero-order valence-electron chi connectivity index (χ0n) is 10.2. The summed E-state index contributed by atoms with van der Waals surface area (Å²) in [6, 6.07) is 4.04. The molecule has 1 aliphatic carbocycles. The Bertz CT molecular complexity index is 587. The van der Waals surface area contributed by atoms with Crippen LogP contribution in [0.3, 0.4) is 0 Å². The van der Waals surface area contributed by atoms with E-state index in [1.165, 1.54) is 11.1 Å². The smallest absolute Gasteiger partial charge is 0.161 e. The molecule has 4 nitrogen and oxygen atoms in total. The van der Waals surface area contributed by atoms with Crippen LogP contribution in [-0.4, -0.2) is 24.0 Å². The molecular weight excluding hydrogens is 216 g/mol. The molecule has 0 N–H and O–H groups in total. The van der Waals surface area contributed by atoms with Crippen LogP contribution in [0.1, 0.15) is 11.1 Å². The fourth-order valence-electron chi connectivity index (χ4n) is 2.39. The Labute approximate surface area is 99.8 Å². The van der Waals surface area contributed by atoms with Gasteiger partial charge in [-0.3, -0.25) is 4.68 Å². The van der Waals surface area contributed by atoms with Crippen molar-refractivity contribution in [1.29, 1.82) is 0 Å². The highest BCUT2D eigenvalue weighted by atomic mass is 16.5. The van der Waals surface area contributed by atoms with Crippen molar-refractivity contribution < 1.29 is 9.47 Å². The Morgan fingerprint density at radius 2 is 1.82 bits per heavy atom. The first-order valence-electron chi connectivity index (χ1n) is 5.50. The van der Waals surface area contributed by atoms with Gasteiger partial charge in [0, 0.05) is 30.8 Å². The van der Waals surface area contributed by atoms with Gasteiger partial charge in [0.1, 0.15) is 0 Å². The normalized spacial score (nSPS) is 12.2. The maximum Gasteiger partial charge on any atom is 0.161 e. The van der Waals surface area contributed by atoms with Crippen LogP contribution in [0.2, 0.25) is 0 Å². The molecule has 2 aromatic rings. The van der Waals surface area contributed by atoms with Crippen LogP contribution in [-0.2, 0) is 13.5 Å². The monoisotopic (exact) mass is 230 g/mol. The SMILES string of the molecule is COc1cc2c(cc1OC)-c1nn(C)cc1C2. The van der Waals surface area contributed by atoms with Crippen molar-refractivity contribution >= 4 is 0 Å². The van der Waals surface area contributed by atoms with Crippen LogP contribution < -0.4 is 9.47 Å². The first-order valence-corrected chi connectivity index (χ1v) is 5.50. The molecule has 1 aliphatic rings. The van der Waals surface area contributed by atoms with Crippen LogP contribution in [0.4, 0.5) is 0 Å². The van der Waals surface area contributed by atoms with Crippen LogP contribution >= 0.6 is 0 Å². The largest absolute Gasteiger partial charge is 0.493 e. The Balaban J connectivity index is 2.19. The van der Waals surface area contributed by atoms with Gasteiger partial charge in [-0.15, -0.1) is 0 Å². The van der Waals surface area contributed by atoms with Crippen molar-refractivity contribution in [2.24, 2.45) is 7.05 Å². The maximum atomic E-state index is 5.32. The summed E-state index contributed by atoms with van der Waals surface area (Å²) in [5, 5.41) is 4.48. The molecule has 0 spiro atoms. The molecule has 0 fully saturated rings. The van der Waals surface area contributed by atoms with Gasteiger partial charge in [0.05, 0.1) is 19.9 Å². The molecule has 1 aromatic heterocycles. The fourth-order valence-corrected chi connectivity index (χ4v) is 2.39. The Morgan fingerprint density at radius 3 is 2.53 bits per heavy atom. The zero-order chi connectivity index (χ0) is 12.0. The molecule has 88 valence electrons. The lowest BCUT2D eigenvalue weighted by molar-refractivity contribution is 0.355. The summed E-state index contributed by atoms with van der Waals surface area (Å²) < 4.78 is 12.5. The van der Waals surface area contributed by atoms with Gasteiger partial charge < -0.3 is 9.47 Å². The molecule has 0 aliphatic heterocycles. The predicted molar refractivity (Wildman–Crippen MR) is 64.6 cm³/mol. The number of ether oxygens (including phenoxy) is 2. The van der Waals surface area contributed by atoms with Gasteiger partial charge in [-0.05, 0) is 17.7 Å². The minimum Gasteiger partial charge on any atom is -0.493 e. The number of aromatic nitrogens is 2. The number of aryl methyl sites for hydroxylation is 1. The van der Waals surface area contributed by atoms with E-state index < -0.39 is 0 Å². The standard InChI is InChI=1S/C13H14N2O2/c1-15-7-9-4-8-5-11(16-2)12(17-3)6-10(8)13(9)14-15/h5-7H,4H2,1-3H3. The fraction of sp³-hybridized carbons (Fsp3) is 0.308. The lowest BCUT2D eigenvalue weighted by atomic mass is 10.1. The van der Waals surface area contributed by atoms with Gasteiger partial charge in [-0.25, -0.2) is 0 Å². The van der Waals surface area contributed by atoms with Gasteiger partial charge in [0.15, 0.2) is 11.5 Å². The summed E-state index contributed by atoms with van der Waals surface area (Å²) in [6.45, 7) is 0. The van der Waals surface area contributed by atoms with E-state index in [1.54, 1.807) is 14.2 Å². The summed E-state index contributed by atoms with van der Waals surface area (Å²) >= 11 is 0. The maximum absolute atomic E-state index is 5.32. The topological polar surface area (TPSA) is 36.3 Å². The van der Waals surface area contributed by atoms with Gasteiger partial charge in [-0.2, -0.15) is 5.10 Å². The number of rotatable bonds is 2. The molecule has 0 amide bonds. The van der Waals surface area contributed by atoms with E-state index >= 15 is 0 Å². The van der Waals surface area contributed by atoms with Crippen LogP contribution in [0, 0.1) is 0 Å². The third-order valence-electron chi connectivity index (χ3n) is 3.15. The number of hydrogen-bond acceptors (Lipinski definition) is 3. The Kier molecular flexibility index (Phi) is 2.11. The van der Waals surface area contributed by atoms with Crippen molar-refractivity contribution in [2.45, 2.75) is 6.42 Å². The molecule has 0 radical (unpaired) electrons. The van der Waals surface area contributed by atoms with E-state index in [4.69, 9.17) is 9.47 Å². The van der Waals surface area contributed by atoms with Gasteiger partial charge in [0.25, 0.3) is 0 Å².